The summed E-state index contributed by atoms with van der Waals surface area (Å²) in [5.74, 6) is 0. The largest absolute Gasteiger partial charge is 1.00 e. The third-order valence-electron chi connectivity index (χ3n) is 3.13. The molecule has 0 aliphatic heterocycles. The Balaban J connectivity index is -0.0000000450. The van der Waals surface area contributed by atoms with Gasteiger partial charge >= 0.3 is 215 Å². The van der Waals surface area contributed by atoms with E-state index in [2.05, 4.69) is 19.7 Å². The van der Waals surface area contributed by atoms with Crippen LogP contribution in [-0.2, 0) is 41.5 Å². The number of unbranched alkanes of at least 4 members (excludes halogenated alkanes) is 9. The molecule has 0 radical (unpaired) electrons. The van der Waals surface area contributed by atoms with Crippen molar-refractivity contribution in [2.45, 2.75) is 71.1 Å². The Kier molecular flexibility index (Phi) is 73.0. The van der Waals surface area contributed by atoms with Gasteiger partial charge in [0.1, 0.15) is 0 Å². The summed E-state index contributed by atoms with van der Waals surface area (Å²) in [6.07, 6.45) is 11.7. The predicted octanol–water partition coefficient (Wildman–Crippen LogP) is -23.0. The van der Waals surface area contributed by atoms with Gasteiger partial charge in [-0.3, -0.25) is 8.49 Å². The van der Waals surface area contributed by atoms with E-state index in [4.69, 9.17) is 9.79 Å². The molecule has 0 heterocycles. The first-order valence-corrected chi connectivity index (χ1v) is 16.9. The third-order valence-corrected chi connectivity index (χ3v) is 6.84. The normalized spacial score (nSPS) is 10.7. The van der Waals surface area contributed by atoms with Crippen molar-refractivity contribution < 1.29 is 290 Å². The summed E-state index contributed by atoms with van der Waals surface area (Å²) in [7, 11) is -26.6. The van der Waals surface area contributed by atoms with Gasteiger partial charge in [-0.2, -0.15) is 0 Å². The van der Waals surface area contributed by atoms with Gasteiger partial charge in [-0.05, 0) is 6.42 Å². The Morgan fingerprint density at radius 3 is 0.976 bits per heavy atom. The SMILES string of the molecule is CCCCCCCCCCCCOS(=O)(=O)[O-].O=P([O-])([O-])OP(=O)(O)O.O=P([O-])([O-])OP(=O)([O-])[O-].[Na+].[Na+].[Na+].[Na+].[Na+].[Na+].[Na+]. The molecule has 0 saturated carbocycles. The molecule has 0 aliphatic rings. The van der Waals surface area contributed by atoms with Crippen molar-refractivity contribution in [1.29, 1.82) is 0 Å². The fourth-order valence-corrected chi connectivity index (χ4v) is 4.35. The molecule has 18 nitrogen and oxygen atoms in total. The van der Waals surface area contributed by atoms with Crippen LogP contribution in [0, 0.1) is 0 Å². The first kappa shape index (κ1) is 74.5. The number of rotatable bonds is 16. The minimum absolute atomic E-state index is 0. The molecule has 0 aromatic carbocycles. The zero-order valence-corrected chi connectivity index (χ0v) is 43.8. The van der Waals surface area contributed by atoms with Gasteiger partial charge in [-0.25, -0.2) is 13.0 Å². The maximum atomic E-state index is 10.1. The molecule has 0 bridgehead atoms. The van der Waals surface area contributed by atoms with E-state index >= 15 is 0 Å². The Morgan fingerprint density at radius 1 is 0.548 bits per heavy atom. The second-order valence-electron chi connectivity index (χ2n) is 6.41. The first-order valence-electron chi connectivity index (χ1n) is 9.62. The summed E-state index contributed by atoms with van der Waals surface area (Å²) < 4.78 is 77.3. The van der Waals surface area contributed by atoms with E-state index in [9.17, 15) is 60.6 Å². The van der Waals surface area contributed by atoms with Gasteiger partial charge in [0.2, 0.25) is 10.4 Å². The summed E-state index contributed by atoms with van der Waals surface area (Å²) in [6, 6.07) is 0. The van der Waals surface area contributed by atoms with Crippen molar-refractivity contribution in [3.8, 4) is 0 Å². The van der Waals surface area contributed by atoms with E-state index in [-0.39, 0.29) is 214 Å². The second-order valence-corrected chi connectivity index (χ2v) is 12.4. The Morgan fingerprint density at radius 2 is 0.810 bits per heavy atom. The number of hydrogen-bond acceptors (Lipinski definition) is 16. The Bertz CT molecular complexity index is 768. The zero-order chi connectivity index (χ0) is 28.4. The molecule has 0 aromatic rings. The number of hydrogen-bond donors (Lipinski definition) is 2. The van der Waals surface area contributed by atoms with Crippen molar-refractivity contribution in [1.82, 2.24) is 0 Å². The molecule has 0 unspecified atom stereocenters. The van der Waals surface area contributed by atoms with E-state index in [0.29, 0.717) is 6.42 Å². The van der Waals surface area contributed by atoms with Gasteiger partial charge in [0, 0.05) is 0 Å². The maximum absolute atomic E-state index is 10.1. The molecule has 2 N–H and O–H groups in total. The molecule has 0 saturated heterocycles. The van der Waals surface area contributed by atoms with Gasteiger partial charge < -0.3 is 61.7 Å². The van der Waals surface area contributed by atoms with Crippen molar-refractivity contribution in [2.24, 2.45) is 0 Å². The van der Waals surface area contributed by atoms with Crippen LogP contribution in [0.3, 0.4) is 0 Å². The first-order chi connectivity index (χ1) is 15.5. The summed E-state index contributed by atoms with van der Waals surface area (Å²) in [5.41, 5.74) is 0. The fourth-order valence-electron chi connectivity index (χ4n) is 2.00. The molecule has 0 amide bonds. The standard InChI is InChI=1S/C12H26O4S.7Na.2H4O7P2/c1-2-3-4-5-6-7-8-9-10-11-12-16-17(13,14)15;;;;;;;;2*1-8(2,3)7-9(4,5)6/h2-12H2,1H3,(H,13,14,15);;;;;;;;2*(H2,1,2,3)(H2,4,5,6)/q;7*+1;;/p-7. The van der Waals surface area contributed by atoms with E-state index < -0.39 is 41.7 Å². The van der Waals surface area contributed by atoms with Crippen molar-refractivity contribution in [2.75, 3.05) is 6.61 Å². The van der Waals surface area contributed by atoms with E-state index in [1.165, 1.54) is 44.9 Å². The smallest absolute Gasteiger partial charge is 0.790 e. The quantitative estimate of drug-likeness (QED) is 0.0483. The molecule has 0 aromatic heterocycles. The predicted molar refractivity (Wildman–Crippen MR) is 105 cm³/mol. The third kappa shape index (κ3) is 91.5. The minimum atomic E-state index is -5.68. The van der Waals surface area contributed by atoms with Crippen LogP contribution in [-0.4, -0.2) is 29.4 Å². The molecule has 216 valence electrons. The van der Waals surface area contributed by atoms with Gasteiger partial charge in [-0.1, -0.05) is 64.7 Å². The molecule has 0 spiro atoms. The van der Waals surface area contributed by atoms with Crippen LogP contribution < -0.4 is 236 Å². The van der Waals surface area contributed by atoms with Crippen molar-refractivity contribution >= 4 is 41.7 Å². The van der Waals surface area contributed by atoms with Crippen LogP contribution in [0.2, 0.25) is 0 Å². The molecule has 0 fully saturated rings. The van der Waals surface area contributed by atoms with Gasteiger partial charge in [-0.15, -0.1) is 0 Å². The molecule has 42 heavy (non-hydrogen) atoms. The Labute approximate surface area is 401 Å². The fraction of sp³-hybridized carbons (Fsp3) is 1.00. The summed E-state index contributed by atoms with van der Waals surface area (Å²) in [6.45, 7) is 2.24. The molecular formula is C12H27Na7O18P4S. The monoisotopic (exact) mass is 776 g/mol. The summed E-state index contributed by atoms with van der Waals surface area (Å²) in [4.78, 5) is 71.4. The Hall–Kier alpha value is 7.39. The molecule has 30 heteroatoms. The average molecular weight is 776 g/mol. The average Bonchev–Trinajstić information content (AvgIpc) is 2.53. The molecule has 0 atom stereocenters. The van der Waals surface area contributed by atoms with Crippen LogP contribution in [0.1, 0.15) is 71.1 Å². The van der Waals surface area contributed by atoms with E-state index in [0.717, 1.165) is 12.8 Å². The van der Waals surface area contributed by atoms with E-state index in [1.807, 2.05) is 0 Å². The second kappa shape index (κ2) is 41.2. The van der Waals surface area contributed by atoms with Crippen LogP contribution in [0.5, 0.6) is 0 Å². The van der Waals surface area contributed by atoms with Crippen LogP contribution in [0.15, 0.2) is 0 Å². The maximum Gasteiger partial charge on any atom is 1.00 e. The van der Waals surface area contributed by atoms with Crippen LogP contribution in [0.25, 0.3) is 0 Å². The molecule has 0 rings (SSSR count). The van der Waals surface area contributed by atoms with Gasteiger partial charge in [0.15, 0.2) is 0 Å². The minimum Gasteiger partial charge on any atom is -0.790 e. The van der Waals surface area contributed by atoms with Crippen LogP contribution in [0.4, 0.5) is 0 Å². The number of phosphoric acid groups is 4. The van der Waals surface area contributed by atoms with Crippen molar-refractivity contribution in [3.63, 3.8) is 0 Å². The van der Waals surface area contributed by atoms with Crippen LogP contribution >= 0.6 is 31.3 Å². The topological polar surface area (TPSA) is 332 Å². The van der Waals surface area contributed by atoms with Gasteiger partial charge in [0.25, 0.3) is 0 Å². The molecule has 0 aliphatic carbocycles. The zero-order valence-electron chi connectivity index (χ0n) is 25.4. The summed E-state index contributed by atoms with van der Waals surface area (Å²) >= 11 is 0. The van der Waals surface area contributed by atoms with E-state index in [1.54, 1.807) is 0 Å². The van der Waals surface area contributed by atoms with Gasteiger partial charge in [0.05, 0.1) is 30.1 Å². The summed E-state index contributed by atoms with van der Waals surface area (Å²) in [5, 5.41) is 0. The van der Waals surface area contributed by atoms with Crippen molar-refractivity contribution in [3.05, 3.63) is 0 Å². The molecular weight excluding hydrogens is 749 g/mol.